The van der Waals surface area contributed by atoms with Crippen LogP contribution in [-0.2, 0) is 0 Å². The van der Waals surface area contributed by atoms with Crippen LogP contribution in [0.2, 0.25) is 0 Å². The number of nitrogens with zero attached hydrogens (tertiary/aromatic N) is 1. The molecule has 0 unspecified atom stereocenters. The minimum Gasteiger partial charge on any atom is -0.192 e. The molecule has 0 fully saturated rings. The molecule has 1 heterocycles. The van der Waals surface area contributed by atoms with E-state index in [0.717, 1.165) is 19.4 Å². The lowest BCUT2D eigenvalue weighted by Crippen LogP contribution is -1.73. The van der Waals surface area contributed by atoms with Gasteiger partial charge in [-0.15, -0.1) is 23.1 Å². The second-order valence-electron chi connectivity index (χ2n) is 2.72. The first kappa shape index (κ1) is 10.0. The predicted molar refractivity (Wildman–Crippen MR) is 66.0 cm³/mol. The van der Waals surface area contributed by atoms with Gasteiger partial charge in [-0.25, -0.2) is 0 Å². The van der Waals surface area contributed by atoms with Crippen LogP contribution in [0.4, 0.5) is 0 Å². The van der Waals surface area contributed by atoms with Crippen molar-refractivity contribution in [2.45, 2.75) is 4.90 Å². The maximum atomic E-state index is 8.80. The first-order valence-electron chi connectivity index (χ1n) is 3.92. The highest BCUT2D eigenvalue weighted by Gasteiger charge is 2.07. The van der Waals surface area contributed by atoms with E-state index in [4.69, 9.17) is 5.26 Å². The molecule has 70 valence electrons. The van der Waals surface area contributed by atoms with Crippen molar-refractivity contribution in [3.05, 3.63) is 27.5 Å². The number of fused-ring (bicyclic) bond motifs is 1. The van der Waals surface area contributed by atoms with E-state index in [1.54, 1.807) is 11.8 Å². The first-order valence-corrected chi connectivity index (χ1v) is 6.76. The van der Waals surface area contributed by atoms with Crippen molar-refractivity contribution in [1.82, 2.24) is 0 Å². The molecule has 0 spiro atoms. The zero-order valence-electron chi connectivity index (χ0n) is 7.37. The Balaban J connectivity index is 2.76. The number of halogens is 1. The van der Waals surface area contributed by atoms with Crippen molar-refractivity contribution in [2.24, 2.45) is 0 Å². The Bertz CT molecular complexity index is 525. The van der Waals surface area contributed by atoms with Gasteiger partial charge in [0.1, 0.15) is 10.9 Å². The quantitative estimate of drug-likeness (QED) is 0.731. The Labute approximate surface area is 98.9 Å². The maximum absolute atomic E-state index is 8.80. The number of thiophene rings is 1. The summed E-state index contributed by atoms with van der Waals surface area (Å²) in [6.07, 6.45) is 2.05. The van der Waals surface area contributed by atoms with Gasteiger partial charge in [-0.3, -0.25) is 0 Å². The van der Waals surface area contributed by atoms with Gasteiger partial charge in [-0.05, 0) is 40.4 Å². The van der Waals surface area contributed by atoms with Gasteiger partial charge in [-0.1, -0.05) is 0 Å². The number of thioether (sulfide) groups is 1. The monoisotopic (exact) mass is 283 g/mol. The molecule has 14 heavy (non-hydrogen) atoms. The summed E-state index contributed by atoms with van der Waals surface area (Å²) in [5, 5.41) is 9.93. The molecule has 0 saturated carbocycles. The van der Waals surface area contributed by atoms with Crippen LogP contribution >= 0.6 is 39.0 Å². The molecule has 1 aromatic heterocycles. The van der Waals surface area contributed by atoms with Crippen molar-refractivity contribution >= 4 is 49.1 Å². The molecule has 0 aliphatic rings. The van der Waals surface area contributed by atoms with Gasteiger partial charge in [0.25, 0.3) is 0 Å². The third kappa shape index (κ3) is 1.56. The highest BCUT2D eigenvalue weighted by Crippen LogP contribution is 2.36. The lowest BCUT2D eigenvalue weighted by molar-refractivity contribution is 1.47. The number of nitriles is 1. The van der Waals surface area contributed by atoms with Crippen molar-refractivity contribution in [2.75, 3.05) is 6.26 Å². The Morgan fingerprint density at radius 3 is 2.93 bits per heavy atom. The van der Waals surface area contributed by atoms with Crippen LogP contribution in [0.5, 0.6) is 0 Å². The van der Waals surface area contributed by atoms with Crippen molar-refractivity contribution in [3.8, 4) is 6.07 Å². The fraction of sp³-hybridized carbons (Fsp3) is 0.100. The molecule has 0 aliphatic heterocycles. The van der Waals surface area contributed by atoms with Gasteiger partial charge >= 0.3 is 0 Å². The molecular formula is C10H6BrNS2. The smallest absolute Gasteiger partial charge is 0.110 e. The van der Waals surface area contributed by atoms with E-state index in [0.29, 0.717) is 0 Å². The lowest BCUT2D eigenvalue weighted by Gasteiger charge is -2.00. The van der Waals surface area contributed by atoms with Crippen molar-refractivity contribution < 1.29 is 0 Å². The van der Waals surface area contributed by atoms with Gasteiger partial charge in [-0.2, -0.15) is 5.26 Å². The van der Waals surface area contributed by atoms with E-state index in [9.17, 15) is 0 Å². The SMILES string of the molecule is CSc1ccc2sc(C#N)cc2c1Br. The number of hydrogen-bond donors (Lipinski definition) is 0. The van der Waals surface area contributed by atoms with Gasteiger partial charge in [0, 0.05) is 19.5 Å². The first-order chi connectivity index (χ1) is 6.76. The third-order valence-electron chi connectivity index (χ3n) is 1.93. The Hall–Kier alpha value is -0.500. The second-order valence-corrected chi connectivity index (χ2v) is 5.44. The van der Waals surface area contributed by atoms with Crippen LogP contribution in [0.1, 0.15) is 4.88 Å². The molecule has 2 aromatic rings. The van der Waals surface area contributed by atoms with E-state index in [1.165, 1.54) is 16.2 Å². The summed E-state index contributed by atoms with van der Waals surface area (Å²) in [5.74, 6) is 0. The summed E-state index contributed by atoms with van der Waals surface area (Å²) in [7, 11) is 0. The van der Waals surface area contributed by atoms with E-state index in [1.807, 2.05) is 12.3 Å². The fourth-order valence-electron chi connectivity index (χ4n) is 1.27. The third-order valence-corrected chi connectivity index (χ3v) is 4.83. The Morgan fingerprint density at radius 2 is 2.29 bits per heavy atom. The zero-order chi connectivity index (χ0) is 10.1. The summed E-state index contributed by atoms with van der Waals surface area (Å²) >= 11 is 6.79. The van der Waals surface area contributed by atoms with Crippen molar-refractivity contribution in [3.63, 3.8) is 0 Å². The summed E-state index contributed by atoms with van der Waals surface area (Å²) in [4.78, 5) is 1.97. The van der Waals surface area contributed by atoms with Crippen LogP contribution in [0.3, 0.4) is 0 Å². The highest BCUT2D eigenvalue weighted by molar-refractivity contribution is 9.10. The lowest BCUT2D eigenvalue weighted by atomic mass is 10.2. The molecule has 1 aromatic carbocycles. The molecule has 4 heteroatoms. The molecule has 0 atom stereocenters. The summed E-state index contributed by atoms with van der Waals surface area (Å²) in [6.45, 7) is 0. The van der Waals surface area contributed by atoms with Crippen LogP contribution in [0, 0.1) is 11.3 Å². The van der Waals surface area contributed by atoms with Gasteiger partial charge in [0.05, 0.1) is 0 Å². The average molecular weight is 284 g/mol. The standard InChI is InChI=1S/C10H6BrNS2/c1-13-9-3-2-8-7(10(9)11)4-6(5-12)14-8/h2-4H,1H3. The molecule has 0 N–H and O–H groups in total. The topological polar surface area (TPSA) is 23.8 Å². The van der Waals surface area contributed by atoms with E-state index < -0.39 is 0 Å². The number of rotatable bonds is 1. The normalized spacial score (nSPS) is 10.4. The zero-order valence-corrected chi connectivity index (χ0v) is 10.6. The maximum Gasteiger partial charge on any atom is 0.110 e. The summed E-state index contributed by atoms with van der Waals surface area (Å²) < 4.78 is 2.26. The summed E-state index contributed by atoms with van der Waals surface area (Å²) in [6, 6.07) is 8.25. The molecule has 0 amide bonds. The van der Waals surface area contributed by atoms with Crippen LogP contribution in [0.15, 0.2) is 27.6 Å². The van der Waals surface area contributed by atoms with Crippen LogP contribution in [0.25, 0.3) is 10.1 Å². The molecule has 0 saturated heterocycles. The molecule has 1 nitrogen and oxygen atoms in total. The second kappa shape index (κ2) is 3.93. The van der Waals surface area contributed by atoms with Crippen LogP contribution in [-0.4, -0.2) is 6.26 Å². The largest absolute Gasteiger partial charge is 0.192 e. The van der Waals surface area contributed by atoms with E-state index in [-0.39, 0.29) is 0 Å². The predicted octanol–water partition coefficient (Wildman–Crippen LogP) is 4.26. The molecular weight excluding hydrogens is 278 g/mol. The fourth-order valence-corrected chi connectivity index (χ4v) is 3.71. The minimum atomic E-state index is 0.763. The highest BCUT2D eigenvalue weighted by atomic mass is 79.9. The average Bonchev–Trinajstić information content (AvgIpc) is 2.62. The number of benzene rings is 1. The van der Waals surface area contributed by atoms with Gasteiger partial charge in [0.15, 0.2) is 0 Å². The number of hydrogen-bond acceptors (Lipinski definition) is 3. The van der Waals surface area contributed by atoms with E-state index >= 15 is 0 Å². The van der Waals surface area contributed by atoms with Gasteiger partial charge in [0.2, 0.25) is 0 Å². The molecule has 0 radical (unpaired) electrons. The van der Waals surface area contributed by atoms with E-state index in [2.05, 4.69) is 34.1 Å². The molecule has 0 bridgehead atoms. The Morgan fingerprint density at radius 1 is 1.50 bits per heavy atom. The summed E-state index contributed by atoms with van der Waals surface area (Å²) in [5.41, 5.74) is 0. The van der Waals surface area contributed by atoms with Crippen molar-refractivity contribution in [1.29, 1.82) is 5.26 Å². The van der Waals surface area contributed by atoms with Crippen LogP contribution < -0.4 is 0 Å². The molecule has 2 rings (SSSR count). The molecule has 0 aliphatic carbocycles. The minimum absolute atomic E-state index is 0.763. The van der Waals surface area contributed by atoms with Gasteiger partial charge < -0.3 is 0 Å². The Kier molecular flexibility index (Phi) is 2.82.